The molecule has 10 nitrogen and oxygen atoms in total. The predicted octanol–water partition coefficient (Wildman–Crippen LogP) is -2.68. The third-order valence-electron chi connectivity index (χ3n) is 2.97. The number of rotatable bonds is 9. The van der Waals surface area contributed by atoms with Crippen molar-refractivity contribution in [2.24, 2.45) is 15.8 Å². The molecule has 0 aliphatic carbocycles. The van der Waals surface area contributed by atoms with E-state index in [9.17, 15) is 15.3 Å². The molecule has 0 saturated carbocycles. The lowest BCUT2D eigenvalue weighted by Crippen LogP contribution is -2.58. The third-order valence-corrected chi connectivity index (χ3v) is 2.97. The minimum atomic E-state index is -1.13. The predicted molar refractivity (Wildman–Crippen MR) is 78.3 cm³/mol. The van der Waals surface area contributed by atoms with Gasteiger partial charge in [0.15, 0.2) is 17.8 Å². The van der Waals surface area contributed by atoms with Crippen LogP contribution in [-0.4, -0.2) is 97.6 Å². The van der Waals surface area contributed by atoms with E-state index in [0.717, 1.165) is 5.01 Å². The van der Waals surface area contributed by atoms with Gasteiger partial charge in [0.25, 0.3) is 0 Å². The van der Waals surface area contributed by atoms with Crippen LogP contribution in [-0.2, 0) is 14.2 Å². The summed E-state index contributed by atoms with van der Waals surface area (Å²) < 4.78 is 14.6. The summed E-state index contributed by atoms with van der Waals surface area (Å²) >= 11 is 0. The van der Waals surface area contributed by atoms with Crippen LogP contribution in [0.25, 0.3) is 0 Å². The Kier molecular flexibility index (Phi) is 7.82. The lowest BCUT2D eigenvalue weighted by atomic mass is 10.2. The molecule has 0 bridgehead atoms. The highest BCUT2D eigenvalue weighted by molar-refractivity contribution is 6.02. The summed E-state index contributed by atoms with van der Waals surface area (Å²) in [6.45, 7) is -0.107. The van der Waals surface area contributed by atoms with Crippen LogP contribution in [0.15, 0.2) is 9.98 Å². The maximum atomic E-state index is 10.1. The quantitative estimate of drug-likeness (QED) is 0.337. The third kappa shape index (κ3) is 4.68. The fourth-order valence-electron chi connectivity index (χ4n) is 1.94. The number of aliphatic imine (C=N–C) groups is 2. The minimum absolute atomic E-state index is 0.00820. The second-order valence-corrected chi connectivity index (χ2v) is 4.74. The molecule has 0 fully saturated rings. The van der Waals surface area contributed by atoms with E-state index >= 15 is 0 Å². The molecular formula is C12H24N4O6. The number of methoxy groups -OCH3 is 3. The fourth-order valence-corrected chi connectivity index (χ4v) is 1.94. The van der Waals surface area contributed by atoms with E-state index in [0.29, 0.717) is 0 Å². The van der Waals surface area contributed by atoms with Gasteiger partial charge in [0.2, 0.25) is 0 Å². The second-order valence-electron chi connectivity index (χ2n) is 4.74. The molecule has 0 aromatic heterocycles. The molecule has 0 aromatic carbocycles. The highest BCUT2D eigenvalue weighted by atomic mass is 16.5. The Bertz CT molecular complexity index is 405. The van der Waals surface area contributed by atoms with E-state index in [1.54, 1.807) is 0 Å². The zero-order valence-electron chi connectivity index (χ0n) is 12.9. The van der Waals surface area contributed by atoms with Gasteiger partial charge in [-0.2, -0.15) is 0 Å². The summed E-state index contributed by atoms with van der Waals surface area (Å²) in [6.07, 6.45) is -4.27. The molecule has 0 spiro atoms. The van der Waals surface area contributed by atoms with Crippen LogP contribution >= 0.6 is 0 Å². The lowest BCUT2D eigenvalue weighted by molar-refractivity contribution is 0.0112. The van der Waals surface area contributed by atoms with Crippen molar-refractivity contribution in [1.82, 2.24) is 5.01 Å². The van der Waals surface area contributed by atoms with Crippen LogP contribution in [0.2, 0.25) is 0 Å². The molecule has 0 aromatic rings. The monoisotopic (exact) mass is 320 g/mol. The molecule has 1 heterocycles. The van der Waals surface area contributed by atoms with Crippen LogP contribution in [0.3, 0.4) is 0 Å². The SMILES string of the molecule is COCC(O)C1=NC(C(O)COC)N(N)C(C(O)COC)=N1. The average molecular weight is 320 g/mol. The van der Waals surface area contributed by atoms with Crippen LogP contribution in [0.4, 0.5) is 0 Å². The van der Waals surface area contributed by atoms with Crippen molar-refractivity contribution in [3.05, 3.63) is 0 Å². The Hall–Kier alpha value is -1.14. The van der Waals surface area contributed by atoms with E-state index in [4.69, 9.17) is 20.1 Å². The number of ether oxygens (including phenoxy) is 3. The van der Waals surface area contributed by atoms with Crippen molar-refractivity contribution in [2.45, 2.75) is 24.5 Å². The van der Waals surface area contributed by atoms with Gasteiger partial charge in [0.05, 0.1) is 19.8 Å². The fraction of sp³-hybridized carbons (Fsp3) is 0.833. The highest BCUT2D eigenvalue weighted by Gasteiger charge is 2.34. The summed E-state index contributed by atoms with van der Waals surface area (Å²) in [5.74, 6) is 5.91. The molecule has 10 heteroatoms. The van der Waals surface area contributed by atoms with Gasteiger partial charge in [-0.25, -0.2) is 15.8 Å². The summed E-state index contributed by atoms with van der Waals surface area (Å²) in [4.78, 5) is 8.16. The van der Waals surface area contributed by atoms with Crippen molar-refractivity contribution in [1.29, 1.82) is 0 Å². The first-order chi connectivity index (χ1) is 10.5. The van der Waals surface area contributed by atoms with Gasteiger partial charge in [0, 0.05) is 21.3 Å². The van der Waals surface area contributed by atoms with Gasteiger partial charge in [-0.3, -0.25) is 5.01 Å². The average Bonchev–Trinajstić information content (AvgIpc) is 2.48. The van der Waals surface area contributed by atoms with Crippen LogP contribution in [0.1, 0.15) is 0 Å². The number of hydrazine groups is 1. The molecule has 4 atom stereocenters. The van der Waals surface area contributed by atoms with Gasteiger partial charge in [-0.15, -0.1) is 0 Å². The molecule has 1 aliphatic rings. The Morgan fingerprint density at radius 3 is 2.14 bits per heavy atom. The van der Waals surface area contributed by atoms with Gasteiger partial charge in [0.1, 0.15) is 18.3 Å². The summed E-state index contributed by atoms with van der Waals surface area (Å²) in [5.41, 5.74) is 0. The zero-order chi connectivity index (χ0) is 16.7. The Morgan fingerprint density at radius 1 is 1.05 bits per heavy atom. The maximum absolute atomic E-state index is 10.1. The summed E-state index contributed by atoms with van der Waals surface area (Å²) in [6, 6.07) is 0. The van der Waals surface area contributed by atoms with Gasteiger partial charge in [-0.1, -0.05) is 0 Å². The first-order valence-electron chi connectivity index (χ1n) is 6.67. The van der Waals surface area contributed by atoms with Gasteiger partial charge in [-0.05, 0) is 0 Å². The Labute approximate surface area is 128 Å². The topological polar surface area (TPSA) is 142 Å². The van der Waals surface area contributed by atoms with Crippen molar-refractivity contribution in [3.63, 3.8) is 0 Å². The lowest BCUT2D eigenvalue weighted by Gasteiger charge is -2.35. The maximum Gasteiger partial charge on any atom is 0.166 e. The van der Waals surface area contributed by atoms with Crippen LogP contribution < -0.4 is 5.84 Å². The van der Waals surface area contributed by atoms with Crippen molar-refractivity contribution < 1.29 is 29.5 Å². The molecule has 1 rings (SSSR count). The number of nitrogens with two attached hydrogens (primary N) is 1. The van der Waals surface area contributed by atoms with E-state index in [-0.39, 0.29) is 31.5 Å². The molecule has 0 saturated heterocycles. The number of aliphatic hydroxyl groups excluding tert-OH is 3. The zero-order valence-corrected chi connectivity index (χ0v) is 12.9. The minimum Gasteiger partial charge on any atom is -0.386 e. The molecule has 22 heavy (non-hydrogen) atoms. The van der Waals surface area contributed by atoms with E-state index in [1.165, 1.54) is 21.3 Å². The molecule has 128 valence electrons. The van der Waals surface area contributed by atoms with E-state index in [1.807, 2.05) is 0 Å². The molecule has 4 unspecified atom stereocenters. The number of hydrogen-bond donors (Lipinski definition) is 4. The van der Waals surface area contributed by atoms with Crippen LogP contribution in [0.5, 0.6) is 0 Å². The number of nitrogens with zero attached hydrogens (tertiary/aromatic N) is 3. The highest BCUT2D eigenvalue weighted by Crippen LogP contribution is 2.14. The molecule has 1 aliphatic heterocycles. The number of amidine groups is 2. The molecule has 0 amide bonds. The smallest absolute Gasteiger partial charge is 0.166 e. The Balaban J connectivity index is 3.07. The first kappa shape index (κ1) is 18.9. The van der Waals surface area contributed by atoms with Crippen molar-refractivity contribution in [3.8, 4) is 0 Å². The van der Waals surface area contributed by atoms with Crippen LogP contribution in [0, 0.1) is 0 Å². The van der Waals surface area contributed by atoms with E-state index in [2.05, 4.69) is 9.98 Å². The number of aliphatic hydroxyl groups is 3. The van der Waals surface area contributed by atoms with Gasteiger partial charge < -0.3 is 29.5 Å². The molecular weight excluding hydrogens is 296 g/mol. The summed E-state index contributed by atoms with van der Waals surface area (Å²) in [5, 5.41) is 31.1. The first-order valence-corrected chi connectivity index (χ1v) is 6.67. The second kappa shape index (κ2) is 9.10. The number of hydrogen-bond acceptors (Lipinski definition) is 10. The molecule has 5 N–H and O–H groups in total. The molecule has 0 radical (unpaired) electrons. The van der Waals surface area contributed by atoms with Crippen molar-refractivity contribution >= 4 is 11.7 Å². The summed E-state index contributed by atoms with van der Waals surface area (Å²) in [7, 11) is 4.26. The Morgan fingerprint density at radius 2 is 1.59 bits per heavy atom. The van der Waals surface area contributed by atoms with E-state index < -0.39 is 24.5 Å². The van der Waals surface area contributed by atoms with Crippen molar-refractivity contribution in [2.75, 3.05) is 41.2 Å². The standard InChI is InChI=1S/C12H24N4O6/c1-20-4-7(17)10-14-11(8(18)5-21-2)16(13)12(15-10)9(19)6-22-3/h7-9,11,17-19H,4-6,13H2,1-3H3. The largest absolute Gasteiger partial charge is 0.386 e. The normalized spacial score (nSPS) is 22.9. The van der Waals surface area contributed by atoms with Gasteiger partial charge >= 0.3 is 0 Å².